The van der Waals surface area contributed by atoms with E-state index in [1.165, 1.54) is 13.0 Å². The van der Waals surface area contributed by atoms with Crippen LogP contribution < -0.4 is 16.2 Å². The van der Waals surface area contributed by atoms with E-state index in [9.17, 15) is 9.59 Å². The summed E-state index contributed by atoms with van der Waals surface area (Å²) in [7, 11) is 0. The second-order valence-corrected chi connectivity index (χ2v) is 5.48. The number of hydrogen-bond donors (Lipinski definition) is 2. The third-order valence-corrected chi connectivity index (χ3v) is 3.23. The number of hydrogen-bond acceptors (Lipinski definition) is 7. The summed E-state index contributed by atoms with van der Waals surface area (Å²) in [6.45, 7) is 4.81. The molecule has 2 rings (SSSR count). The zero-order valence-electron chi connectivity index (χ0n) is 14.4. The largest absolute Gasteiger partial charge is 0.459 e. The third-order valence-electron chi connectivity index (χ3n) is 3.23. The van der Waals surface area contributed by atoms with Crippen molar-refractivity contribution in [2.75, 3.05) is 24.7 Å². The average molecular weight is 356 g/mol. The van der Waals surface area contributed by atoms with E-state index >= 15 is 0 Å². The van der Waals surface area contributed by atoms with Gasteiger partial charge in [-0.2, -0.15) is 0 Å². The van der Waals surface area contributed by atoms with Gasteiger partial charge in [-0.25, -0.2) is 9.59 Å². The van der Waals surface area contributed by atoms with Crippen molar-refractivity contribution in [1.82, 2.24) is 0 Å². The van der Waals surface area contributed by atoms with Gasteiger partial charge in [-0.1, -0.05) is 6.58 Å². The minimum Gasteiger partial charge on any atom is -0.459 e. The maximum Gasteiger partial charge on any atom is 0.342 e. The highest BCUT2D eigenvalue weighted by molar-refractivity contribution is 5.93. The first-order valence-electron chi connectivity index (χ1n) is 7.79. The van der Waals surface area contributed by atoms with Crippen molar-refractivity contribution >= 4 is 23.3 Å². The minimum atomic E-state index is -0.644. The van der Waals surface area contributed by atoms with Crippen LogP contribution in [0.4, 0.5) is 11.4 Å². The summed E-state index contributed by atoms with van der Waals surface area (Å²) >= 11 is 0. The highest BCUT2D eigenvalue weighted by Gasteiger charge is 2.16. The summed E-state index contributed by atoms with van der Waals surface area (Å²) in [4.78, 5) is 23.6. The van der Waals surface area contributed by atoms with Gasteiger partial charge in [-0.15, -0.1) is 0 Å². The lowest BCUT2D eigenvalue weighted by Crippen LogP contribution is -2.15. The Kier molecular flexibility index (Phi) is 6.21. The highest BCUT2D eigenvalue weighted by atomic mass is 16.6. The summed E-state index contributed by atoms with van der Waals surface area (Å²) in [6, 6.07) is 11.4. The van der Waals surface area contributed by atoms with Crippen molar-refractivity contribution < 1.29 is 23.8 Å². The summed E-state index contributed by atoms with van der Waals surface area (Å²) in [5.74, 6) is -0.396. The van der Waals surface area contributed by atoms with Gasteiger partial charge in [0.15, 0.2) is 0 Å². The van der Waals surface area contributed by atoms with Crippen molar-refractivity contribution in [3.63, 3.8) is 0 Å². The molecule has 0 unspecified atom stereocenters. The lowest BCUT2D eigenvalue weighted by molar-refractivity contribution is -0.140. The van der Waals surface area contributed by atoms with Crippen LogP contribution in [0.5, 0.6) is 11.5 Å². The number of esters is 2. The van der Waals surface area contributed by atoms with Crippen LogP contribution in [0.15, 0.2) is 54.6 Å². The van der Waals surface area contributed by atoms with Gasteiger partial charge in [0.2, 0.25) is 0 Å². The van der Waals surface area contributed by atoms with Crippen LogP contribution in [0.2, 0.25) is 0 Å². The lowest BCUT2D eigenvalue weighted by Gasteiger charge is -2.12. The molecule has 0 aliphatic heterocycles. The molecule has 7 nitrogen and oxygen atoms in total. The molecule has 4 N–H and O–H groups in total. The molecule has 0 aliphatic rings. The van der Waals surface area contributed by atoms with Crippen LogP contribution in [0.25, 0.3) is 0 Å². The molecule has 136 valence electrons. The monoisotopic (exact) mass is 356 g/mol. The Morgan fingerprint density at radius 1 is 0.962 bits per heavy atom. The van der Waals surface area contributed by atoms with E-state index in [1.807, 2.05) is 0 Å². The summed E-state index contributed by atoms with van der Waals surface area (Å²) in [6.07, 6.45) is 0. The molecule has 0 radical (unpaired) electrons. The first kappa shape index (κ1) is 18.9. The quantitative estimate of drug-likeness (QED) is 0.339. The molecule has 0 heterocycles. The van der Waals surface area contributed by atoms with Crippen molar-refractivity contribution in [1.29, 1.82) is 0 Å². The van der Waals surface area contributed by atoms with Crippen LogP contribution in [0.3, 0.4) is 0 Å². The Balaban J connectivity index is 2.03. The Morgan fingerprint density at radius 2 is 1.58 bits per heavy atom. The molecular formula is C19H20N2O5. The average Bonchev–Trinajstić information content (AvgIpc) is 2.61. The molecule has 26 heavy (non-hydrogen) atoms. The number of carbonyl (C=O) groups is 2. The fourth-order valence-electron chi connectivity index (χ4n) is 1.93. The van der Waals surface area contributed by atoms with E-state index in [0.717, 1.165) is 0 Å². The number of nitrogen functional groups attached to an aromatic ring is 2. The Bertz CT molecular complexity index is 815. The van der Waals surface area contributed by atoms with E-state index < -0.39 is 11.9 Å². The van der Waals surface area contributed by atoms with Gasteiger partial charge >= 0.3 is 11.9 Å². The molecular weight excluding hydrogens is 336 g/mol. The summed E-state index contributed by atoms with van der Waals surface area (Å²) < 4.78 is 15.7. The van der Waals surface area contributed by atoms with Crippen molar-refractivity contribution in [3.05, 3.63) is 60.2 Å². The Labute approximate surface area is 151 Å². The molecule has 0 aromatic heterocycles. The molecule has 0 bridgehead atoms. The van der Waals surface area contributed by atoms with Gasteiger partial charge < -0.3 is 25.7 Å². The van der Waals surface area contributed by atoms with Gasteiger partial charge in [-0.3, -0.25) is 0 Å². The molecule has 0 atom stereocenters. The van der Waals surface area contributed by atoms with E-state index in [2.05, 4.69) is 6.58 Å². The first-order chi connectivity index (χ1) is 12.4. The predicted molar refractivity (Wildman–Crippen MR) is 97.8 cm³/mol. The van der Waals surface area contributed by atoms with E-state index in [-0.39, 0.29) is 30.1 Å². The van der Waals surface area contributed by atoms with Crippen molar-refractivity contribution in [2.24, 2.45) is 0 Å². The van der Waals surface area contributed by atoms with E-state index in [4.69, 9.17) is 25.7 Å². The van der Waals surface area contributed by atoms with Crippen molar-refractivity contribution in [3.8, 4) is 11.5 Å². The number of carbonyl (C=O) groups excluding carboxylic acids is 2. The standard InChI is InChI=1S/C19H20N2O5/c1-12(2)18(22)24-9-10-25-19(23)16-11-14(21)5-8-17(16)26-15-6-3-13(20)4-7-15/h3-8,11H,1,9-10,20-21H2,2H3. The molecule has 0 spiro atoms. The molecule has 0 fully saturated rings. The first-order valence-corrected chi connectivity index (χ1v) is 7.79. The van der Waals surface area contributed by atoms with Crippen LogP contribution in [0.1, 0.15) is 17.3 Å². The summed E-state index contributed by atoms with van der Waals surface area (Å²) in [5.41, 5.74) is 12.8. The van der Waals surface area contributed by atoms with Crippen LogP contribution >= 0.6 is 0 Å². The predicted octanol–water partition coefficient (Wildman–Crippen LogP) is 2.92. The Morgan fingerprint density at radius 3 is 2.23 bits per heavy atom. The number of rotatable bonds is 7. The third kappa shape index (κ3) is 5.27. The maximum absolute atomic E-state index is 12.3. The van der Waals surface area contributed by atoms with Crippen molar-refractivity contribution in [2.45, 2.75) is 6.92 Å². The van der Waals surface area contributed by atoms with E-state index in [1.54, 1.807) is 36.4 Å². The molecule has 0 saturated carbocycles. The zero-order valence-corrected chi connectivity index (χ0v) is 14.4. The van der Waals surface area contributed by atoms with E-state index in [0.29, 0.717) is 17.1 Å². The number of ether oxygens (including phenoxy) is 3. The second kappa shape index (κ2) is 8.57. The SMILES string of the molecule is C=C(C)C(=O)OCCOC(=O)c1cc(N)ccc1Oc1ccc(N)cc1. The number of anilines is 2. The number of nitrogens with two attached hydrogens (primary N) is 2. The highest BCUT2D eigenvalue weighted by Crippen LogP contribution is 2.28. The lowest BCUT2D eigenvalue weighted by atomic mass is 10.2. The molecule has 7 heteroatoms. The molecule has 2 aromatic rings. The normalized spacial score (nSPS) is 10.0. The van der Waals surface area contributed by atoms with Gasteiger partial charge in [0, 0.05) is 16.9 Å². The Hall–Kier alpha value is -3.48. The smallest absolute Gasteiger partial charge is 0.342 e. The van der Waals surface area contributed by atoms with Crippen LogP contribution in [-0.4, -0.2) is 25.2 Å². The molecule has 0 aliphatic carbocycles. The van der Waals surface area contributed by atoms with Crippen LogP contribution in [0, 0.1) is 0 Å². The molecule has 0 saturated heterocycles. The van der Waals surface area contributed by atoms with Gasteiger partial charge in [0.25, 0.3) is 0 Å². The van der Waals surface area contributed by atoms with Gasteiger partial charge in [0.05, 0.1) is 0 Å². The molecule has 0 amide bonds. The fraction of sp³-hybridized carbons (Fsp3) is 0.158. The fourth-order valence-corrected chi connectivity index (χ4v) is 1.93. The zero-order chi connectivity index (χ0) is 19.1. The van der Waals surface area contributed by atoms with Gasteiger partial charge in [-0.05, 0) is 49.4 Å². The summed E-state index contributed by atoms with van der Waals surface area (Å²) in [5, 5.41) is 0. The molecule has 2 aromatic carbocycles. The second-order valence-electron chi connectivity index (χ2n) is 5.48. The van der Waals surface area contributed by atoms with Crippen LogP contribution in [-0.2, 0) is 14.3 Å². The van der Waals surface area contributed by atoms with Gasteiger partial charge in [0.1, 0.15) is 30.3 Å². The minimum absolute atomic E-state index is 0.0755. The number of benzene rings is 2. The maximum atomic E-state index is 12.3. The topological polar surface area (TPSA) is 114 Å².